The molecule has 1 aliphatic heterocycles. The molecule has 3 heterocycles. The lowest BCUT2D eigenvalue weighted by atomic mass is 10.00. The van der Waals surface area contributed by atoms with Crippen LogP contribution in [-0.2, 0) is 13.0 Å². The van der Waals surface area contributed by atoms with E-state index in [1.165, 1.54) is 11.1 Å². The van der Waals surface area contributed by atoms with Gasteiger partial charge in [0, 0.05) is 24.8 Å². The summed E-state index contributed by atoms with van der Waals surface area (Å²) >= 11 is 0. The van der Waals surface area contributed by atoms with Gasteiger partial charge in [0.15, 0.2) is 0 Å². The third-order valence-corrected chi connectivity index (χ3v) is 5.22. The average Bonchev–Trinajstić information content (AvgIpc) is 3.29. The molecule has 0 N–H and O–H groups in total. The van der Waals surface area contributed by atoms with Crippen molar-refractivity contribution in [1.29, 1.82) is 0 Å². The summed E-state index contributed by atoms with van der Waals surface area (Å²) in [5.41, 5.74) is 4.47. The lowest BCUT2D eigenvalue weighted by Crippen LogP contribution is -2.30. The minimum atomic E-state index is 0.457. The van der Waals surface area contributed by atoms with Gasteiger partial charge in [-0.15, -0.1) is 0 Å². The van der Waals surface area contributed by atoms with E-state index < -0.39 is 0 Å². The van der Waals surface area contributed by atoms with Crippen LogP contribution in [0.15, 0.2) is 71.4 Å². The Morgan fingerprint density at radius 1 is 0.931 bits per heavy atom. The van der Waals surface area contributed by atoms with Crippen molar-refractivity contribution in [3.05, 3.63) is 78.0 Å². The maximum atomic E-state index is 5.45. The molecule has 2 aromatic heterocycles. The van der Waals surface area contributed by atoms with Gasteiger partial charge in [-0.05, 0) is 53.9 Å². The molecule has 0 atom stereocenters. The van der Waals surface area contributed by atoms with E-state index in [2.05, 4.69) is 44.3 Å². The number of anilines is 1. The van der Waals surface area contributed by atoms with Crippen molar-refractivity contribution in [2.24, 2.45) is 0 Å². The summed E-state index contributed by atoms with van der Waals surface area (Å²) in [6.45, 7) is 1.84. The molecule has 0 amide bonds. The van der Waals surface area contributed by atoms with Crippen molar-refractivity contribution in [1.82, 2.24) is 15.1 Å². The molecule has 2 aromatic carbocycles. The Hall–Kier alpha value is -3.67. The molecular formula is C23H20N4O2. The molecule has 0 fully saturated rings. The van der Waals surface area contributed by atoms with Crippen LogP contribution in [0, 0.1) is 0 Å². The zero-order chi connectivity index (χ0) is 19.6. The van der Waals surface area contributed by atoms with E-state index in [9.17, 15) is 0 Å². The molecule has 6 nitrogen and oxygen atoms in total. The predicted octanol–water partition coefficient (Wildman–Crippen LogP) is 4.37. The second-order valence-electron chi connectivity index (χ2n) is 7.00. The number of rotatable bonds is 4. The van der Waals surface area contributed by atoms with E-state index in [0.29, 0.717) is 11.7 Å². The summed E-state index contributed by atoms with van der Waals surface area (Å²) < 4.78 is 10.6. The van der Waals surface area contributed by atoms with E-state index in [-0.39, 0.29) is 0 Å². The Kier molecular flexibility index (Phi) is 4.44. The normalized spacial score (nSPS) is 13.2. The van der Waals surface area contributed by atoms with E-state index in [1.54, 1.807) is 13.3 Å². The van der Waals surface area contributed by atoms with Crippen LogP contribution in [-0.4, -0.2) is 28.8 Å². The Bertz CT molecular complexity index is 1120. The molecule has 0 saturated carbocycles. The molecule has 0 saturated heterocycles. The summed E-state index contributed by atoms with van der Waals surface area (Å²) in [7, 11) is 1.64. The van der Waals surface area contributed by atoms with Crippen molar-refractivity contribution in [2.45, 2.75) is 13.0 Å². The van der Waals surface area contributed by atoms with Gasteiger partial charge in [-0.2, -0.15) is 4.98 Å². The molecule has 144 valence electrons. The van der Waals surface area contributed by atoms with Crippen LogP contribution in [0.25, 0.3) is 22.8 Å². The highest BCUT2D eigenvalue weighted by Crippen LogP contribution is 2.26. The predicted molar refractivity (Wildman–Crippen MR) is 111 cm³/mol. The van der Waals surface area contributed by atoms with Gasteiger partial charge in [-0.25, -0.2) is 4.98 Å². The first-order chi connectivity index (χ1) is 14.3. The third kappa shape index (κ3) is 3.45. The lowest BCUT2D eigenvalue weighted by Gasteiger charge is -2.29. The second-order valence-corrected chi connectivity index (χ2v) is 7.00. The molecule has 0 radical (unpaired) electrons. The minimum absolute atomic E-state index is 0.457. The van der Waals surface area contributed by atoms with Crippen molar-refractivity contribution in [3.8, 4) is 28.6 Å². The molecule has 0 bridgehead atoms. The number of hydrogen-bond acceptors (Lipinski definition) is 6. The topological polar surface area (TPSA) is 64.3 Å². The van der Waals surface area contributed by atoms with Gasteiger partial charge in [0.25, 0.3) is 5.89 Å². The van der Waals surface area contributed by atoms with Crippen LogP contribution < -0.4 is 9.64 Å². The van der Waals surface area contributed by atoms with Crippen LogP contribution in [0.3, 0.4) is 0 Å². The van der Waals surface area contributed by atoms with E-state index >= 15 is 0 Å². The van der Waals surface area contributed by atoms with Crippen LogP contribution in [0.2, 0.25) is 0 Å². The van der Waals surface area contributed by atoms with Gasteiger partial charge in [-0.3, -0.25) is 0 Å². The minimum Gasteiger partial charge on any atom is -0.497 e. The van der Waals surface area contributed by atoms with E-state index in [4.69, 9.17) is 9.26 Å². The zero-order valence-corrected chi connectivity index (χ0v) is 16.1. The van der Waals surface area contributed by atoms with Crippen molar-refractivity contribution in [2.75, 3.05) is 18.6 Å². The van der Waals surface area contributed by atoms with Crippen LogP contribution in [0.4, 0.5) is 5.82 Å². The van der Waals surface area contributed by atoms with E-state index in [0.717, 1.165) is 42.2 Å². The molecule has 4 aromatic rings. The molecule has 5 rings (SSSR count). The first kappa shape index (κ1) is 17.4. The highest BCUT2D eigenvalue weighted by Gasteiger charge is 2.18. The monoisotopic (exact) mass is 384 g/mol. The SMILES string of the molecule is COc1ccc(-c2noc(-c3ccc(N4CCc5ccccc5C4)nc3)n2)cc1. The fourth-order valence-electron chi connectivity index (χ4n) is 3.59. The lowest BCUT2D eigenvalue weighted by molar-refractivity contribution is 0.415. The van der Waals surface area contributed by atoms with Gasteiger partial charge in [0.2, 0.25) is 5.82 Å². The number of methoxy groups -OCH3 is 1. The fraction of sp³-hybridized carbons (Fsp3) is 0.174. The quantitative estimate of drug-likeness (QED) is 0.521. The van der Waals surface area contributed by atoms with Crippen LogP contribution in [0.1, 0.15) is 11.1 Å². The molecule has 0 unspecified atom stereocenters. The van der Waals surface area contributed by atoms with Crippen molar-refractivity contribution < 1.29 is 9.26 Å². The summed E-state index contributed by atoms with van der Waals surface area (Å²) in [6, 6.07) is 20.1. The van der Waals surface area contributed by atoms with Crippen molar-refractivity contribution >= 4 is 5.82 Å². The first-order valence-corrected chi connectivity index (χ1v) is 9.56. The highest BCUT2D eigenvalue weighted by molar-refractivity contribution is 5.61. The molecule has 0 spiro atoms. The summed E-state index contributed by atoms with van der Waals surface area (Å²) in [5.74, 6) is 2.74. The maximum Gasteiger partial charge on any atom is 0.259 e. The Labute approximate surface area is 168 Å². The Morgan fingerprint density at radius 2 is 1.72 bits per heavy atom. The number of pyridine rings is 1. The molecule has 29 heavy (non-hydrogen) atoms. The molecular weight excluding hydrogens is 364 g/mol. The fourth-order valence-corrected chi connectivity index (χ4v) is 3.59. The number of fused-ring (bicyclic) bond motifs is 1. The van der Waals surface area contributed by atoms with Crippen molar-refractivity contribution in [3.63, 3.8) is 0 Å². The molecule has 0 aliphatic carbocycles. The number of aromatic nitrogens is 3. The average molecular weight is 384 g/mol. The number of benzene rings is 2. The highest BCUT2D eigenvalue weighted by atomic mass is 16.5. The summed E-state index contributed by atoms with van der Waals surface area (Å²) in [6.07, 6.45) is 2.83. The van der Waals surface area contributed by atoms with Gasteiger partial charge in [0.05, 0.1) is 12.7 Å². The van der Waals surface area contributed by atoms with Crippen LogP contribution in [0.5, 0.6) is 5.75 Å². The molecule has 1 aliphatic rings. The Balaban J connectivity index is 1.34. The van der Waals surface area contributed by atoms with E-state index in [1.807, 2.05) is 36.4 Å². The zero-order valence-electron chi connectivity index (χ0n) is 16.1. The maximum absolute atomic E-state index is 5.45. The number of nitrogens with zero attached hydrogens (tertiary/aromatic N) is 4. The Morgan fingerprint density at radius 3 is 2.48 bits per heavy atom. The van der Waals surface area contributed by atoms with Gasteiger partial charge >= 0.3 is 0 Å². The smallest absolute Gasteiger partial charge is 0.259 e. The summed E-state index contributed by atoms with van der Waals surface area (Å²) in [5, 5.41) is 4.09. The second kappa shape index (κ2) is 7.39. The standard InChI is InChI=1S/C23H20N4O2/c1-28-20-9-6-17(7-10-20)22-25-23(29-26-22)18-8-11-21(24-14-18)27-13-12-16-4-2-3-5-19(16)15-27/h2-11,14H,12-13,15H2,1H3. The first-order valence-electron chi connectivity index (χ1n) is 9.56. The van der Waals surface area contributed by atoms with Gasteiger partial charge in [0.1, 0.15) is 11.6 Å². The largest absolute Gasteiger partial charge is 0.497 e. The van der Waals surface area contributed by atoms with Crippen LogP contribution >= 0.6 is 0 Å². The van der Waals surface area contributed by atoms with Gasteiger partial charge in [-0.1, -0.05) is 29.4 Å². The molecule has 6 heteroatoms. The summed E-state index contributed by atoms with van der Waals surface area (Å²) in [4.78, 5) is 11.4. The van der Waals surface area contributed by atoms with Gasteiger partial charge < -0.3 is 14.2 Å². The third-order valence-electron chi connectivity index (χ3n) is 5.22. The number of ether oxygens (including phenoxy) is 1. The number of hydrogen-bond donors (Lipinski definition) is 0.